The predicted octanol–water partition coefficient (Wildman–Crippen LogP) is 1.94. The Labute approximate surface area is 99.5 Å². The molecule has 0 aliphatic rings. The van der Waals surface area contributed by atoms with Gasteiger partial charge in [0.2, 0.25) is 0 Å². The van der Waals surface area contributed by atoms with Crippen molar-refractivity contribution in [2.75, 3.05) is 0 Å². The van der Waals surface area contributed by atoms with Crippen molar-refractivity contribution in [3.8, 4) is 0 Å². The van der Waals surface area contributed by atoms with Crippen LogP contribution in [-0.2, 0) is 0 Å². The van der Waals surface area contributed by atoms with E-state index >= 15 is 0 Å². The zero-order valence-corrected chi connectivity index (χ0v) is 11.5. The summed E-state index contributed by atoms with van der Waals surface area (Å²) < 4.78 is 0. The van der Waals surface area contributed by atoms with Gasteiger partial charge >= 0.3 is 0 Å². The van der Waals surface area contributed by atoms with Gasteiger partial charge in [-0.3, -0.25) is 0 Å². The van der Waals surface area contributed by atoms with E-state index in [-0.39, 0.29) is 10.8 Å². The molecule has 0 aromatic rings. The average Bonchev–Trinajstić information content (AvgIpc) is 1.99. The molecule has 3 N–H and O–H groups in total. The van der Waals surface area contributed by atoms with E-state index in [2.05, 4.69) is 0 Å². The summed E-state index contributed by atoms with van der Waals surface area (Å²) in [5, 5.41) is 29.5. The van der Waals surface area contributed by atoms with Gasteiger partial charge in [-0.15, -0.1) is 0 Å². The molecular formula is C13H28O3. The highest BCUT2D eigenvalue weighted by Gasteiger charge is 2.29. The van der Waals surface area contributed by atoms with Crippen LogP contribution in [0.15, 0.2) is 0 Å². The van der Waals surface area contributed by atoms with Crippen molar-refractivity contribution in [3.05, 3.63) is 0 Å². The van der Waals surface area contributed by atoms with Gasteiger partial charge in [0.05, 0.1) is 18.3 Å². The molecule has 0 aliphatic heterocycles. The Balaban J connectivity index is 4.15. The number of rotatable bonds is 4. The summed E-state index contributed by atoms with van der Waals surface area (Å²) in [5.41, 5.74) is -0.457. The van der Waals surface area contributed by atoms with Crippen LogP contribution in [-0.4, -0.2) is 33.6 Å². The number of aliphatic hydroxyl groups excluding tert-OH is 3. The maximum Gasteiger partial charge on any atom is 0.0613 e. The van der Waals surface area contributed by atoms with Crippen molar-refractivity contribution in [1.29, 1.82) is 0 Å². The first kappa shape index (κ1) is 15.9. The fourth-order valence-electron chi connectivity index (χ4n) is 1.32. The standard InChI is InChI=1S/C13H28O3/c1-12(2,3)10(15)7-9(14)8-11(16)13(4,5)6/h9-11,14-16H,7-8H2,1-6H3. The Morgan fingerprint density at radius 2 is 0.938 bits per heavy atom. The molecule has 0 amide bonds. The van der Waals surface area contributed by atoms with Crippen LogP contribution >= 0.6 is 0 Å². The van der Waals surface area contributed by atoms with Crippen LogP contribution in [0.5, 0.6) is 0 Å². The van der Waals surface area contributed by atoms with Crippen molar-refractivity contribution in [1.82, 2.24) is 0 Å². The van der Waals surface area contributed by atoms with Gasteiger partial charge in [-0.1, -0.05) is 41.5 Å². The van der Waals surface area contributed by atoms with E-state index in [1.54, 1.807) is 0 Å². The summed E-state index contributed by atoms with van der Waals surface area (Å²) in [4.78, 5) is 0. The van der Waals surface area contributed by atoms with E-state index < -0.39 is 18.3 Å². The minimum Gasteiger partial charge on any atom is -0.393 e. The van der Waals surface area contributed by atoms with Crippen molar-refractivity contribution < 1.29 is 15.3 Å². The molecule has 0 aromatic heterocycles. The minimum atomic E-state index is -0.650. The van der Waals surface area contributed by atoms with E-state index in [4.69, 9.17) is 0 Å². The molecule has 0 heterocycles. The lowest BCUT2D eigenvalue weighted by atomic mass is 9.82. The first-order valence-corrected chi connectivity index (χ1v) is 5.98. The summed E-state index contributed by atoms with van der Waals surface area (Å²) in [6.07, 6.45) is -1.11. The second-order valence-corrected chi connectivity index (χ2v) is 6.89. The maximum absolute atomic E-state index is 9.83. The van der Waals surface area contributed by atoms with Crippen LogP contribution in [0.3, 0.4) is 0 Å². The van der Waals surface area contributed by atoms with E-state index in [0.717, 1.165) is 0 Å². The molecule has 0 aromatic carbocycles. The molecular weight excluding hydrogens is 204 g/mol. The number of hydrogen-bond acceptors (Lipinski definition) is 3. The van der Waals surface area contributed by atoms with Gasteiger partial charge in [0, 0.05) is 0 Å². The first-order chi connectivity index (χ1) is 6.94. The molecule has 16 heavy (non-hydrogen) atoms. The summed E-state index contributed by atoms with van der Waals surface area (Å²) in [6.45, 7) is 11.6. The van der Waals surface area contributed by atoms with Crippen LogP contribution in [0.1, 0.15) is 54.4 Å². The second kappa shape index (κ2) is 5.48. The lowest BCUT2D eigenvalue weighted by Crippen LogP contribution is -2.35. The van der Waals surface area contributed by atoms with Crippen molar-refractivity contribution in [2.45, 2.75) is 72.7 Å². The smallest absolute Gasteiger partial charge is 0.0613 e. The summed E-state index contributed by atoms with van der Waals surface area (Å²) in [6, 6.07) is 0. The Morgan fingerprint density at radius 1 is 0.688 bits per heavy atom. The van der Waals surface area contributed by atoms with Gasteiger partial charge in [-0.05, 0) is 23.7 Å². The Hall–Kier alpha value is -0.120. The molecule has 0 aliphatic carbocycles. The molecule has 2 unspecified atom stereocenters. The normalized spacial score (nSPS) is 19.3. The Morgan fingerprint density at radius 3 is 1.12 bits per heavy atom. The molecule has 0 saturated heterocycles. The first-order valence-electron chi connectivity index (χ1n) is 5.98. The zero-order valence-electron chi connectivity index (χ0n) is 11.5. The predicted molar refractivity (Wildman–Crippen MR) is 66.2 cm³/mol. The third kappa shape index (κ3) is 5.83. The Bertz CT molecular complexity index is 178. The monoisotopic (exact) mass is 232 g/mol. The third-order valence-corrected chi connectivity index (χ3v) is 2.99. The fourth-order valence-corrected chi connectivity index (χ4v) is 1.32. The van der Waals surface area contributed by atoms with Crippen LogP contribution in [0.4, 0.5) is 0 Å². The molecule has 0 radical (unpaired) electrons. The lowest BCUT2D eigenvalue weighted by molar-refractivity contribution is -0.0242. The van der Waals surface area contributed by atoms with Crippen molar-refractivity contribution >= 4 is 0 Å². The molecule has 2 atom stereocenters. The molecule has 98 valence electrons. The minimum absolute atomic E-state index is 0.229. The highest BCUT2D eigenvalue weighted by Crippen LogP contribution is 2.27. The van der Waals surface area contributed by atoms with Crippen molar-refractivity contribution in [2.24, 2.45) is 10.8 Å². The van der Waals surface area contributed by atoms with E-state index in [9.17, 15) is 15.3 Å². The van der Waals surface area contributed by atoms with Crippen LogP contribution in [0, 0.1) is 10.8 Å². The van der Waals surface area contributed by atoms with Gasteiger partial charge < -0.3 is 15.3 Å². The van der Waals surface area contributed by atoms with Gasteiger partial charge in [0.25, 0.3) is 0 Å². The van der Waals surface area contributed by atoms with Crippen LogP contribution < -0.4 is 0 Å². The fraction of sp³-hybridized carbons (Fsp3) is 1.00. The molecule has 0 rings (SSSR count). The van der Waals surface area contributed by atoms with Crippen LogP contribution in [0.25, 0.3) is 0 Å². The quantitative estimate of drug-likeness (QED) is 0.694. The largest absolute Gasteiger partial charge is 0.393 e. The summed E-state index contributed by atoms with van der Waals surface area (Å²) in [7, 11) is 0. The summed E-state index contributed by atoms with van der Waals surface area (Å²) in [5.74, 6) is 0. The van der Waals surface area contributed by atoms with Gasteiger partial charge in [0.15, 0.2) is 0 Å². The van der Waals surface area contributed by atoms with E-state index in [1.807, 2.05) is 41.5 Å². The second-order valence-electron chi connectivity index (χ2n) is 6.89. The molecule has 0 saturated carbocycles. The van der Waals surface area contributed by atoms with E-state index in [1.165, 1.54) is 0 Å². The van der Waals surface area contributed by atoms with Gasteiger partial charge in [-0.25, -0.2) is 0 Å². The maximum atomic E-state index is 9.83. The molecule has 3 heteroatoms. The lowest BCUT2D eigenvalue weighted by Gasteiger charge is -2.31. The topological polar surface area (TPSA) is 60.7 Å². The number of hydrogen-bond donors (Lipinski definition) is 3. The highest BCUT2D eigenvalue weighted by atomic mass is 16.3. The number of aliphatic hydroxyl groups is 3. The Kier molecular flexibility index (Phi) is 5.44. The van der Waals surface area contributed by atoms with Crippen LogP contribution in [0.2, 0.25) is 0 Å². The van der Waals surface area contributed by atoms with E-state index in [0.29, 0.717) is 12.8 Å². The van der Waals surface area contributed by atoms with Gasteiger partial charge in [-0.2, -0.15) is 0 Å². The highest BCUT2D eigenvalue weighted by molar-refractivity contribution is 4.80. The summed E-state index contributed by atoms with van der Waals surface area (Å²) >= 11 is 0. The van der Waals surface area contributed by atoms with Gasteiger partial charge in [0.1, 0.15) is 0 Å². The molecule has 0 bridgehead atoms. The zero-order chi connectivity index (χ0) is 13.1. The SMILES string of the molecule is CC(C)(C)C(O)CC(O)CC(O)C(C)(C)C. The average molecular weight is 232 g/mol. The van der Waals surface area contributed by atoms with Crippen molar-refractivity contribution in [3.63, 3.8) is 0 Å². The third-order valence-electron chi connectivity index (χ3n) is 2.99. The molecule has 0 fully saturated rings. The molecule has 0 spiro atoms. The molecule has 3 nitrogen and oxygen atoms in total.